The van der Waals surface area contributed by atoms with Crippen molar-refractivity contribution in [1.82, 2.24) is 4.98 Å². The monoisotopic (exact) mass is 441 g/mol. The molecule has 0 aliphatic carbocycles. The number of carboxylic acids is 1. The van der Waals surface area contributed by atoms with Crippen LogP contribution < -0.4 is 39.4 Å². The van der Waals surface area contributed by atoms with Crippen LogP contribution in [-0.2, 0) is 13.0 Å². The fourth-order valence-corrected chi connectivity index (χ4v) is 3.04. The predicted octanol–water partition coefficient (Wildman–Crippen LogP) is 1.37. The van der Waals surface area contributed by atoms with Crippen LogP contribution in [-0.4, -0.2) is 11.0 Å². The van der Waals surface area contributed by atoms with Crippen LogP contribution in [0.5, 0.6) is 5.75 Å². The number of rotatable bonds is 6. The molecule has 0 N–H and O–H groups in total. The Labute approximate surface area is 199 Å². The molecule has 3 rings (SSSR count). The maximum absolute atomic E-state index is 14.0. The van der Waals surface area contributed by atoms with Gasteiger partial charge in [-0.05, 0) is 48.9 Å². The quantitative estimate of drug-likeness (QED) is 0.542. The Morgan fingerprint density at radius 2 is 1.76 bits per heavy atom. The predicted molar refractivity (Wildman–Crippen MR) is 103 cm³/mol. The van der Waals surface area contributed by atoms with Crippen molar-refractivity contribution in [2.45, 2.75) is 20.0 Å². The van der Waals surface area contributed by atoms with Crippen molar-refractivity contribution in [3.05, 3.63) is 92.5 Å². The zero-order valence-electron chi connectivity index (χ0n) is 15.8. The normalized spacial score (nSPS) is 10.3. The van der Waals surface area contributed by atoms with E-state index < -0.39 is 11.8 Å². The molecule has 3 aromatic rings. The molecule has 0 saturated heterocycles. The summed E-state index contributed by atoms with van der Waals surface area (Å²) in [6.45, 7) is 1.65. The van der Waals surface area contributed by atoms with Crippen LogP contribution >= 0.6 is 23.2 Å². The second kappa shape index (κ2) is 10.4. The van der Waals surface area contributed by atoms with Crippen molar-refractivity contribution < 1.29 is 48.6 Å². The molecule has 0 saturated carbocycles. The number of aromatic nitrogens is 1. The van der Waals surface area contributed by atoms with Crippen LogP contribution in [0.3, 0.4) is 0 Å². The summed E-state index contributed by atoms with van der Waals surface area (Å²) in [6.07, 6.45) is 0.291. The topological polar surface area (TPSA) is 62.2 Å². The number of hydrogen-bond donors (Lipinski definition) is 0. The van der Waals surface area contributed by atoms with Crippen molar-refractivity contribution in [3.8, 4) is 5.75 Å². The summed E-state index contributed by atoms with van der Waals surface area (Å²) in [5.74, 6) is -1.29. The molecule has 1 aromatic heterocycles. The molecular weight excluding hydrogens is 427 g/mol. The molecule has 1 heterocycles. The van der Waals surface area contributed by atoms with E-state index in [0.29, 0.717) is 44.6 Å². The number of ether oxygens (including phenoxy) is 1. The third-order valence-electron chi connectivity index (χ3n) is 4.14. The van der Waals surface area contributed by atoms with Crippen molar-refractivity contribution in [2.24, 2.45) is 0 Å². The Balaban J connectivity index is 0.00000300. The molecule has 29 heavy (non-hydrogen) atoms. The van der Waals surface area contributed by atoms with E-state index in [1.54, 1.807) is 49.4 Å². The molecule has 0 atom stereocenters. The Morgan fingerprint density at radius 1 is 1.07 bits per heavy atom. The van der Waals surface area contributed by atoms with Gasteiger partial charge in [0, 0.05) is 33.3 Å². The van der Waals surface area contributed by atoms with Crippen LogP contribution in [0.25, 0.3) is 0 Å². The Kier molecular flexibility index (Phi) is 8.49. The number of benzene rings is 2. The molecule has 0 aliphatic heterocycles. The van der Waals surface area contributed by atoms with E-state index in [1.807, 2.05) is 0 Å². The first kappa shape index (κ1) is 23.6. The smallest absolute Gasteiger partial charge is 0.543 e. The van der Waals surface area contributed by atoms with E-state index >= 15 is 0 Å². The summed E-state index contributed by atoms with van der Waals surface area (Å²) in [6, 6.07) is 12.8. The first-order chi connectivity index (χ1) is 13.3. The zero-order chi connectivity index (χ0) is 20.3. The Hall–Kier alpha value is -1.63. The molecule has 0 fully saturated rings. The second-order valence-corrected chi connectivity index (χ2v) is 7.08. The van der Waals surface area contributed by atoms with Gasteiger partial charge in [0.15, 0.2) is 0 Å². The van der Waals surface area contributed by atoms with Crippen LogP contribution in [0.4, 0.5) is 4.39 Å². The number of hydrogen-bond acceptors (Lipinski definition) is 4. The molecule has 0 spiro atoms. The average Bonchev–Trinajstić information content (AvgIpc) is 2.63. The summed E-state index contributed by atoms with van der Waals surface area (Å²) in [5.41, 5.74) is 1.99. The third-order valence-corrected chi connectivity index (χ3v) is 4.61. The largest absolute Gasteiger partial charge is 1.00 e. The fourth-order valence-electron chi connectivity index (χ4n) is 2.69. The van der Waals surface area contributed by atoms with Crippen LogP contribution in [0, 0.1) is 12.7 Å². The molecule has 0 unspecified atom stereocenters. The molecule has 0 bridgehead atoms. The van der Waals surface area contributed by atoms with Crippen molar-refractivity contribution in [2.75, 3.05) is 0 Å². The second-order valence-electron chi connectivity index (χ2n) is 6.21. The number of pyridine rings is 1. The number of aryl methyl sites for hydroxylation is 1. The van der Waals surface area contributed by atoms with Crippen LogP contribution in [0.2, 0.25) is 10.0 Å². The Morgan fingerprint density at radius 3 is 2.45 bits per heavy atom. The van der Waals surface area contributed by atoms with Gasteiger partial charge >= 0.3 is 29.6 Å². The average molecular weight is 442 g/mol. The summed E-state index contributed by atoms with van der Waals surface area (Å²) < 4.78 is 19.7. The van der Waals surface area contributed by atoms with Gasteiger partial charge in [-0.2, -0.15) is 0 Å². The molecule has 4 nitrogen and oxygen atoms in total. The number of halogens is 3. The molecule has 0 amide bonds. The van der Waals surface area contributed by atoms with E-state index in [1.165, 1.54) is 6.07 Å². The van der Waals surface area contributed by atoms with Crippen LogP contribution in [0.1, 0.15) is 32.9 Å². The minimum Gasteiger partial charge on any atom is -0.543 e. The van der Waals surface area contributed by atoms with Gasteiger partial charge in [0.05, 0.1) is 11.7 Å². The maximum atomic E-state index is 14.0. The molecule has 144 valence electrons. The minimum absolute atomic E-state index is 0. The Bertz CT molecular complexity index is 1050. The maximum Gasteiger partial charge on any atom is 1.00 e. The molecule has 2 aromatic carbocycles. The first-order valence-electron chi connectivity index (χ1n) is 8.36. The number of carbonyl (C=O) groups is 1. The summed E-state index contributed by atoms with van der Waals surface area (Å²) in [4.78, 5) is 15.3. The SMILES string of the molecule is Cc1ccc(Cc2cc(Cl)ccc2OCc2ccc(Cl)cc2F)nc1C(=O)[O-].[Na+]. The van der Waals surface area contributed by atoms with Gasteiger partial charge in [0.2, 0.25) is 0 Å². The number of carbonyl (C=O) groups excluding carboxylic acids is 1. The number of aromatic carboxylic acids is 1. The molecule has 8 heteroatoms. The minimum atomic E-state index is -1.33. The summed E-state index contributed by atoms with van der Waals surface area (Å²) in [5, 5.41) is 12.0. The fraction of sp³-hybridized carbons (Fsp3) is 0.143. The van der Waals surface area contributed by atoms with Gasteiger partial charge < -0.3 is 14.6 Å². The van der Waals surface area contributed by atoms with Gasteiger partial charge in [-0.1, -0.05) is 35.3 Å². The molecular formula is C21H15Cl2FNNaO3. The van der Waals surface area contributed by atoms with E-state index in [4.69, 9.17) is 27.9 Å². The van der Waals surface area contributed by atoms with Gasteiger partial charge in [0.1, 0.15) is 18.2 Å². The summed E-state index contributed by atoms with van der Waals surface area (Å²) >= 11 is 11.9. The van der Waals surface area contributed by atoms with E-state index in [2.05, 4.69) is 4.98 Å². The summed E-state index contributed by atoms with van der Waals surface area (Å²) in [7, 11) is 0. The zero-order valence-corrected chi connectivity index (χ0v) is 19.4. The van der Waals surface area contributed by atoms with Crippen molar-refractivity contribution in [1.29, 1.82) is 0 Å². The number of carboxylic acid groups (broad SMARTS) is 1. The van der Waals surface area contributed by atoms with E-state index in [-0.39, 0.29) is 41.9 Å². The third kappa shape index (κ3) is 6.17. The first-order valence-corrected chi connectivity index (χ1v) is 9.12. The van der Waals surface area contributed by atoms with Gasteiger partial charge in [-0.25, -0.2) is 4.39 Å². The van der Waals surface area contributed by atoms with E-state index in [9.17, 15) is 14.3 Å². The van der Waals surface area contributed by atoms with Crippen LogP contribution in [0.15, 0.2) is 48.5 Å². The van der Waals surface area contributed by atoms with E-state index in [0.717, 1.165) is 0 Å². The molecule has 0 aliphatic rings. The molecule has 0 radical (unpaired) electrons. The van der Waals surface area contributed by atoms with Gasteiger partial charge in [-0.3, -0.25) is 4.98 Å². The number of nitrogens with zero attached hydrogens (tertiary/aromatic N) is 1. The van der Waals surface area contributed by atoms with Crippen molar-refractivity contribution >= 4 is 29.2 Å². The van der Waals surface area contributed by atoms with Crippen molar-refractivity contribution in [3.63, 3.8) is 0 Å². The van der Waals surface area contributed by atoms with Gasteiger partial charge in [0.25, 0.3) is 0 Å². The standard InChI is InChI=1S/C21H16Cl2FNO3.Na/c1-12-2-6-17(25-20(12)21(26)27)9-14-8-15(22)5-7-19(14)28-11-13-3-4-16(23)10-18(13)24;/h2-8,10H,9,11H2,1H3,(H,26,27);/q;+1/p-1. The van der Waals surface area contributed by atoms with Gasteiger partial charge in [-0.15, -0.1) is 0 Å².